The average molecular weight is 281 g/mol. The van der Waals surface area contributed by atoms with Crippen molar-refractivity contribution in [3.8, 4) is 0 Å². The fraction of sp³-hybridized carbons (Fsp3) is 0.222. The molecular weight excluding hydrogens is 258 g/mol. The minimum Gasteiger partial charge on any atom is -0.371 e. The summed E-state index contributed by atoms with van der Waals surface area (Å²) in [4.78, 5) is 2.43. The van der Waals surface area contributed by atoms with Gasteiger partial charge in [-0.2, -0.15) is 0 Å². The van der Waals surface area contributed by atoms with E-state index in [9.17, 15) is 0 Å². The smallest absolute Gasteiger partial charge is 0.0844 e. The molecule has 0 saturated carbocycles. The van der Waals surface area contributed by atoms with Gasteiger partial charge in [0.2, 0.25) is 0 Å². The van der Waals surface area contributed by atoms with Crippen LogP contribution in [0.3, 0.4) is 0 Å². The Kier molecular flexibility index (Phi) is 5.19. The van der Waals surface area contributed by atoms with E-state index in [1.54, 1.807) is 0 Å². The lowest BCUT2D eigenvalue weighted by atomic mass is 10.2. The number of hydrogen-bond donors (Lipinski definition) is 0. The first-order chi connectivity index (χ1) is 9.66. The van der Waals surface area contributed by atoms with Gasteiger partial charge in [0.25, 0.3) is 0 Å². The highest BCUT2D eigenvalue weighted by Gasteiger charge is 2.12. The van der Waals surface area contributed by atoms with E-state index >= 15 is 0 Å². The van der Waals surface area contributed by atoms with E-state index in [1.807, 2.05) is 0 Å². The van der Waals surface area contributed by atoms with Crippen LogP contribution in [0.15, 0.2) is 72.6 Å². The molecule has 2 aromatic rings. The SMILES string of the molecule is C=C(N(Cc1ccccc1)Cc1ccccc1)[SiH](C)C. The van der Waals surface area contributed by atoms with E-state index in [-0.39, 0.29) is 0 Å². The third-order valence-electron chi connectivity index (χ3n) is 3.51. The molecule has 0 unspecified atom stereocenters. The van der Waals surface area contributed by atoms with Crippen molar-refractivity contribution < 1.29 is 0 Å². The summed E-state index contributed by atoms with van der Waals surface area (Å²) in [6, 6.07) is 21.3. The molecule has 2 rings (SSSR count). The van der Waals surface area contributed by atoms with Gasteiger partial charge in [0, 0.05) is 13.1 Å². The summed E-state index contributed by atoms with van der Waals surface area (Å²) in [6.45, 7) is 10.9. The molecule has 0 aliphatic rings. The molecule has 0 aliphatic carbocycles. The van der Waals surface area contributed by atoms with Crippen LogP contribution in [0.4, 0.5) is 0 Å². The van der Waals surface area contributed by atoms with Crippen LogP contribution in [0.25, 0.3) is 0 Å². The van der Waals surface area contributed by atoms with Crippen molar-refractivity contribution in [2.75, 3.05) is 0 Å². The lowest BCUT2D eigenvalue weighted by Crippen LogP contribution is -2.28. The van der Waals surface area contributed by atoms with Gasteiger partial charge in [-0.25, -0.2) is 0 Å². The highest BCUT2D eigenvalue weighted by Crippen LogP contribution is 2.16. The number of hydrogen-bond acceptors (Lipinski definition) is 1. The monoisotopic (exact) mass is 281 g/mol. The molecular formula is C18H23NSi. The van der Waals surface area contributed by atoms with E-state index in [0.717, 1.165) is 13.1 Å². The summed E-state index contributed by atoms with van der Waals surface area (Å²) in [5.41, 5.74) is 2.69. The topological polar surface area (TPSA) is 3.24 Å². The molecule has 2 aromatic carbocycles. The zero-order valence-electron chi connectivity index (χ0n) is 12.4. The minimum absolute atomic E-state index is 0.873. The van der Waals surface area contributed by atoms with Gasteiger partial charge in [0.1, 0.15) is 0 Å². The van der Waals surface area contributed by atoms with Crippen molar-refractivity contribution in [3.63, 3.8) is 0 Å². The largest absolute Gasteiger partial charge is 0.371 e. The molecule has 0 amide bonds. The Morgan fingerprint density at radius 1 is 0.850 bits per heavy atom. The lowest BCUT2D eigenvalue weighted by molar-refractivity contribution is 0.349. The number of benzene rings is 2. The number of nitrogens with zero attached hydrogens (tertiary/aromatic N) is 1. The highest BCUT2D eigenvalue weighted by atomic mass is 28.3. The van der Waals surface area contributed by atoms with Crippen molar-refractivity contribution in [2.45, 2.75) is 26.2 Å². The standard InChI is InChI=1S/C18H23NSi/c1-16(20(2)3)19(14-17-10-6-4-7-11-17)15-18-12-8-5-9-13-18/h4-13,20H,1,14-15H2,2-3H3. The quantitative estimate of drug-likeness (QED) is 0.716. The first-order valence-electron chi connectivity index (χ1n) is 7.18. The first kappa shape index (κ1) is 14.6. The van der Waals surface area contributed by atoms with Crippen molar-refractivity contribution in [3.05, 3.63) is 83.7 Å². The van der Waals surface area contributed by atoms with Crippen molar-refractivity contribution in [1.29, 1.82) is 0 Å². The first-order valence-corrected chi connectivity index (χ1v) is 10.1. The molecule has 0 atom stereocenters. The maximum atomic E-state index is 4.33. The molecule has 0 bridgehead atoms. The van der Waals surface area contributed by atoms with Gasteiger partial charge >= 0.3 is 0 Å². The summed E-state index contributed by atoms with van der Waals surface area (Å²) < 4.78 is 0. The van der Waals surface area contributed by atoms with E-state index < -0.39 is 8.80 Å². The predicted octanol–water partition coefficient (Wildman–Crippen LogP) is 4.23. The van der Waals surface area contributed by atoms with Crippen LogP contribution < -0.4 is 0 Å². The van der Waals surface area contributed by atoms with Gasteiger partial charge in [-0.1, -0.05) is 80.3 Å². The zero-order valence-corrected chi connectivity index (χ0v) is 13.6. The summed E-state index contributed by atoms with van der Waals surface area (Å²) in [7, 11) is -0.873. The molecule has 0 heterocycles. The summed E-state index contributed by atoms with van der Waals surface area (Å²) in [6.07, 6.45) is 0. The fourth-order valence-electron chi connectivity index (χ4n) is 2.23. The van der Waals surface area contributed by atoms with Crippen LogP contribution in [-0.2, 0) is 13.1 Å². The summed E-state index contributed by atoms with van der Waals surface area (Å²) in [5, 5.41) is 1.33. The Hall–Kier alpha value is -1.80. The van der Waals surface area contributed by atoms with Crippen LogP contribution >= 0.6 is 0 Å². The Bertz CT molecular complexity index is 492. The lowest BCUT2D eigenvalue weighted by Gasteiger charge is -2.29. The van der Waals surface area contributed by atoms with E-state index in [0.29, 0.717) is 0 Å². The molecule has 104 valence electrons. The highest BCUT2D eigenvalue weighted by molar-refractivity contribution is 6.63. The normalized spacial score (nSPS) is 10.6. The average Bonchev–Trinajstić information content (AvgIpc) is 2.48. The zero-order chi connectivity index (χ0) is 14.4. The Balaban J connectivity index is 2.15. The van der Waals surface area contributed by atoms with Crippen molar-refractivity contribution in [2.24, 2.45) is 0 Å². The van der Waals surface area contributed by atoms with Crippen LogP contribution in [0, 0.1) is 0 Å². The second kappa shape index (κ2) is 7.11. The minimum atomic E-state index is -0.873. The summed E-state index contributed by atoms with van der Waals surface area (Å²) in [5.74, 6) is 0. The second-order valence-corrected chi connectivity index (χ2v) is 8.45. The molecule has 0 fully saturated rings. The summed E-state index contributed by atoms with van der Waals surface area (Å²) >= 11 is 0. The second-order valence-electron chi connectivity index (χ2n) is 5.47. The van der Waals surface area contributed by atoms with Gasteiger partial charge in [-0.05, 0) is 16.4 Å². The molecule has 0 spiro atoms. The van der Waals surface area contributed by atoms with Gasteiger partial charge < -0.3 is 4.90 Å². The van der Waals surface area contributed by atoms with Crippen LogP contribution in [-0.4, -0.2) is 13.7 Å². The molecule has 1 nitrogen and oxygen atoms in total. The third kappa shape index (κ3) is 4.10. The van der Waals surface area contributed by atoms with Crippen LogP contribution in [0.5, 0.6) is 0 Å². The van der Waals surface area contributed by atoms with Gasteiger partial charge in [0.05, 0.1) is 8.80 Å². The Morgan fingerprint density at radius 2 is 1.25 bits per heavy atom. The molecule has 0 aliphatic heterocycles. The van der Waals surface area contributed by atoms with Crippen molar-refractivity contribution in [1.82, 2.24) is 4.90 Å². The Labute approximate surface area is 124 Å². The van der Waals surface area contributed by atoms with Crippen molar-refractivity contribution >= 4 is 8.80 Å². The fourth-order valence-corrected chi connectivity index (χ4v) is 3.14. The van der Waals surface area contributed by atoms with Crippen LogP contribution in [0.2, 0.25) is 13.1 Å². The van der Waals surface area contributed by atoms with Gasteiger partial charge in [0.15, 0.2) is 0 Å². The van der Waals surface area contributed by atoms with E-state index in [1.165, 1.54) is 16.4 Å². The Morgan fingerprint density at radius 3 is 1.60 bits per heavy atom. The molecule has 0 aromatic heterocycles. The number of rotatable bonds is 6. The molecule has 2 heteroatoms. The molecule has 0 N–H and O–H groups in total. The van der Waals surface area contributed by atoms with Crippen LogP contribution in [0.1, 0.15) is 11.1 Å². The molecule has 0 radical (unpaired) electrons. The predicted molar refractivity (Wildman–Crippen MR) is 90.1 cm³/mol. The van der Waals surface area contributed by atoms with E-state index in [4.69, 9.17) is 0 Å². The molecule has 20 heavy (non-hydrogen) atoms. The maximum absolute atomic E-state index is 4.33. The maximum Gasteiger partial charge on any atom is 0.0844 e. The molecule has 0 saturated heterocycles. The van der Waals surface area contributed by atoms with Gasteiger partial charge in [-0.3, -0.25) is 0 Å². The van der Waals surface area contributed by atoms with Gasteiger partial charge in [-0.15, -0.1) is 0 Å². The van der Waals surface area contributed by atoms with E-state index in [2.05, 4.69) is 85.2 Å². The third-order valence-corrected chi connectivity index (χ3v) is 5.20.